The summed E-state index contributed by atoms with van der Waals surface area (Å²) in [6.07, 6.45) is 0.262. The van der Waals surface area contributed by atoms with E-state index in [0.29, 0.717) is 0 Å². The number of carbonyl (C=O) groups is 4. The lowest BCUT2D eigenvalue weighted by Gasteiger charge is -2.20. The number of benzene rings is 2. The molecule has 0 heterocycles. The van der Waals surface area contributed by atoms with E-state index in [-0.39, 0.29) is 53.2 Å². The monoisotopic (exact) mass is 484 g/mol. The minimum absolute atomic E-state index is 0.0316. The summed E-state index contributed by atoms with van der Waals surface area (Å²) < 4.78 is 4.70. The summed E-state index contributed by atoms with van der Waals surface area (Å²) in [4.78, 5) is 64.9. The molecule has 2 aromatic rings. The van der Waals surface area contributed by atoms with Crippen molar-refractivity contribution in [3.63, 3.8) is 0 Å². The Morgan fingerprint density at radius 1 is 1.11 bits per heavy atom. The van der Waals surface area contributed by atoms with Gasteiger partial charge in [0.25, 0.3) is 11.9 Å². The zero-order chi connectivity index (χ0) is 25.7. The number of rotatable bonds is 8. The Labute approximate surface area is 198 Å². The van der Waals surface area contributed by atoms with Gasteiger partial charge in [-0.05, 0) is 30.4 Å². The number of esters is 1. The molecule has 0 saturated heterocycles. The van der Waals surface area contributed by atoms with Crippen LogP contribution in [0.25, 0.3) is 0 Å². The molecule has 1 unspecified atom stereocenters. The molecule has 0 radical (unpaired) electrons. The SMILES string of the molecule is COC(=O)C(CCCN=C(N)N[N+](=O)O)NC(=O)c1ccc2c(c1O)C(=O)c1ccccc1C2=O. The average Bonchev–Trinajstić information content (AvgIpc) is 2.83. The van der Waals surface area contributed by atoms with Gasteiger partial charge in [0.1, 0.15) is 16.7 Å². The first-order chi connectivity index (χ1) is 16.6. The number of phenols is 1. The van der Waals surface area contributed by atoms with Gasteiger partial charge in [0.2, 0.25) is 0 Å². The van der Waals surface area contributed by atoms with Crippen molar-refractivity contribution < 1.29 is 39.3 Å². The first-order valence-electron chi connectivity index (χ1n) is 10.3. The Bertz CT molecular complexity index is 1260. The van der Waals surface area contributed by atoms with E-state index in [1.165, 1.54) is 24.3 Å². The van der Waals surface area contributed by atoms with Gasteiger partial charge in [-0.25, -0.2) is 15.0 Å². The number of nitrogens with two attached hydrogens (primary N) is 1. The Hall–Kier alpha value is -4.81. The molecule has 1 atom stereocenters. The zero-order valence-corrected chi connectivity index (χ0v) is 18.5. The highest BCUT2D eigenvalue weighted by atomic mass is 16.7. The number of methoxy groups -OCH3 is 1. The number of phenolic OH excluding ortho intramolecular Hbond substituents is 1. The lowest BCUT2D eigenvalue weighted by atomic mass is 9.82. The summed E-state index contributed by atoms with van der Waals surface area (Å²) in [6.45, 7) is 0.0379. The molecule has 13 nitrogen and oxygen atoms in total. The topological polar surface area (TPSA) is 200 Å². The fourth-order valence-electron chi connectivity index (χ4n) is 3.61. The van der Waals surface area contributed by atoms with Crippen LogP contribution in [0.4, 0.5) is 0 Å². The van der Waals surface area contributed by atoms with Gasteiger partial charge in [0.05, 0.1) is 18.2 Å². The molecule has 0 fully saturated rings. The average molecular weight is 484 g/mol. The van der Waals surface area contributed by atoms with Crippen molar-refractivity contribution in [1.29, 1.82) is 0 Å². The third-order valence-electron chi connectivity index (χ3n) is 5.24. The van der Waals surface area contributed by atoms with Gasteiger partial charge in [-0.2, -0.15) is 0 Å². The fourth-order valence-corrected chi connectivity index (χ4v) is 3.61. The normalized spacial score (nSPS) is 13.3. The maximum absolute atomic E-state index is 12.9. The third-order valence-corrected chi connectivity index (χ3v) is 5.24. The molecule has 1 amide bonds. The molecule has 2 aromatic carbocycles. The number of fused-ring (bicyclic) bond motifs is 2. The van der Waals surface area contributed by atoms with E-state index in [2.05, 4.69) is 10.3 Å². The second-order valence-electron chi connectivity index (χ2n) is 7.43. The number of nitrogens with zero attached hydrogens (tertiary/aromatic N) is 2. The summed E-state index contributed by atoms with van der Waals surface area (Å²) in [5, 5.41) is 21.0. The Kier molecular flexibility index (Phi) is 7.39. The lowest BCUT2D eigenvalue weighted by molar-refractivity contribution is -0.822. The fraction of sp³-hybridized carbons (Fsp3) is 0.227. The van der Waals surface area contributed by atoms with E-state index in [0.717, 1.165) is 7.11 Å². The number of aromatic hydroxyl groups is 1. The predicted octanol–water partition coefficient (Wildman–Crippen LogP) is 0.207. The summed E-state index contributed by atoms with van der Waals surface area (Å²) in [5.41, 5.74) is 6.83. The molecular weight excluding hydrogens is 462 g/mol. The minimum Gasteiger partial charge on any atom is -0.506 e. The molecule has 35 heavy (non-hydrogen) atoms. The lowest BCUT2D eigenvalue weighted by Crippen LogP contribution is -2.42. The predicted molar refractivity (Wildman–Crippen MR) is 119 cm³/mol. The standard InChI is InChI=1S/C22H21N5O8/c1-35-21(32)15(7-4-10-24-22(23)26-27(33)34)25-20(31)14-9-8-13-16(19(14)30)18(29)12-6-3-2-5-11(12)17(13)28/h2-3,5-6,8-9,15H,4,7,10H2,1H3,(H5-,23,24,25,26,29,30,31,33,34)/p+1. The van der Waals surface area contributed by atoms with Crippen LogP contribution in [0.15, 0.2) is 41.4 Å². The van der Waals surface area contributed by atoms with Crippen LogP contribution >= 0.6 is 0 Å². The zero-order valence-electron chi connectivity index (χ0n) is 18.5. The van der Waals surface area contributed by atoms with Crippen molar-refractivity contribution in [3.8, 4) is 5.75 Å². The van der Waals surface area contributed by atoms with E-state index in [1.807, 2.05) is 0 Å². The van der Waals surface area contributed by atoms with E-state index in [9.17, 15) is 29.2 Å². The molecule has 6 N–H and O–H groups in total. The summed E-state index contributed by atoms with van der Waals surface area (Å²) in [6, 6.07) is 7.49. The molecule has 3 rings (SSSR count). The number of ether oxygens (including phenoxy) is 1. The van der Waals surface area contributed by atoms with Crippen LogP contribution in [0.5, 0.6) is 5.75 Å². The second kappa shape index (κ2) is 10.4. The van der Waals surface area contributed by atoms with Crippen LogP contribution in [0.2, 0.25) is 0 Å². The Balaban J connectivity index is 1.79. The van der Waals surface area contributed by atoms with Gasteiger partial charge in [-0.3, -0.25) is 14.4 Å². The molecule has 0 bridgehead atoms. The third kappa shape index (κ3) is 5.24. The molecule has 13 heteroatoms. The number of hydrogen-bond donors (Lipinski definition) is 5. The summed E-state index contributed by atoms with van der Waals surface area (Å²) in [7, 11) is 1.13. The minimum atomic E-state index is -1.14. The Morgan fingerprint density at radius 2 is 1.77 bits per heavy atom. The van der Waals surface area contributed by atoms with Gasteiger partial charge >= 0.3 is 11.0 Å². The Morgan fingerprint density at radius 3 is 2.40 bits per heavy atom. The van der Waals surface area contributed by atoms with Crippen LogP contribution in [0, 0.1) is 4.91 Å². The van der Waals surface area contributed by atoms with Crippen LogP contribution in [-0.2, 0) is 9.53 Å². The van der Waals surface area contributed by atoms with E-state index in [1.54, 1.807) is 17.6 Å². The smallest absolute Gasteiger partial charge is 0.362 e. The molecule has 0 aliphatic heterocycles. The van der Waals surface area contributed by atoms with E-state index in [4.69, 9.17) is 15.7 Å². The maximum atomic E-state index is 12.9. The number of hydrazine groups is 1. The van der Waals surface area contributed by atoms with Crippen LogP contribution in [0.3, 0.4) is 0 Å². The highest BCUT2D eigenvalue weighted by Gasteiger charge is 2.34. The number of amides is 1. The number of guanidine groups is 1. The van der Waals surface area contributed by atoms with Gasteiger partial charge in [0, 0.05) is 23.2 Å². The van der Waals surface area contributed by atoms with Crippen molar-refractivity contribution >= 4 is 29.4 Å². The first kappa shape index (κ1) is 24.8. The number of nitrogens with one attached hydrogen (secondary N) is 2. The van der Waals surface area contributed by atoms with Crippen molar-refractivity contribution in [2.45, 2.75) is 18.9 Å². The van der Waals surface area contributed by atoms with Crippen LogP contribution in [0.1, 0.15) is 55.0 Å². The molecule has 1 aliphatic carbocycles. The molecule has 182 valence electrons. The summed E-state index contributed by atoms with van der Waals surface area (Å²) in [5.74, 6) is -3.73. The van der Waals surface area contributed by atoms with Gasteiger partial charge in [0.15, 0.2) is 11.6 Å². The quantitative estimate of drug-likeness (QED) is 0.0967. The molecule has 0 spiro atoms. The second-order valence-corrected chi connectivity index (χ2v) is 7.43. The highest BCUT2D eigenvalue weighted by molar-refractivity contribution is 6.30. The number of carbonyl (C=O) groups excluding carboxylic acids is 4. The van der Waals surface area contributed by atoms with Gasteiger partial charge in [-0.1, -0.05) is 24.3 Å². The van der Waals surface area contributed by atoms with Crippen molar-refractivity contribution in [1.82, 2.24) is 10.7 Å². The molecule has 0 saturated carbocycles. The molecule has 1 aliphatic rings. The van der Waals surface area contributed by atoms with Crippen molar-refractivity contribution in [2.24, 2.45) is 10.7 Å². The van der Waals surface area contributed by atoms with Crippen LogP contribution in [-0.4, -0.2) is 64.4 Å². The maximum Gasteiger partial charge on any atom is 0.362 e. The van der Waals surface area contributed by atoms with E-state index < -0.39 is 40.3 Å². The summed E-state index contributed by atoms with van der Waals surface area (Å²) >= 11 is 0. The number of aliphatic imine (C=N–C) groups is 1. The van der Waals surface area contributed by atoms with Crippen molar-refractivity contribution in [3.05, 3.63) is 69.1 Å². The number of ketones is 2. The van der Waals surface area contributed by atoms with Gasteiger partial charge in [-0.15, -0.1) is 0 Å². The largest absolute Gasteiger partial charge is 0.506 e. The van der Waals surface area contributed by atoms with Crippen LogP contribution < -0.4 is 16.5 Å². The highest BCUT2D eigenvalue weighted by Crippen LogP contribution is 2.35. The first-order valence-corrected chi connectivity index (χ1v) is 10.3. The van der Waals surface area contributed by atoms with Crippen molar-refractivity contribution in [2.75, 3.05) is 13.7 Å². The number of hydrogen-bond acceptors (Lipinski definition) is 8. The van der Waals surface area contributed by atoms with Gasteiger partial charge < -0.3 is 20.9 Å². The molecular formula is C22H22N5O8+. The van der Waals surface area contributed by atoms with E-state index >= 15 is 0 Å². The molecule has 0 aromatic heterocycles.